The molecule has 1 saturated heterocycles. The van der Waals surface area contributed by atoms with Crippen LogP contribution in [-0.2, 0) is 4.79 Å². The van der Waals surface area contributed by atoms with Gasteiger partial charge in [0.25, 0.3) is 5.91 Å². The molecule has 2 fully saturated rings. The van der Waals surface area contributed by atoms with Crippen molar-refractivity contribution >= 4 is 34.3 Å². The highest BCUT2D eigenvalue weighted by Crippen LogP contribution is 2.53. The number of amides is 2. The molecule has 1 aliphatic heterocycles. The van der Waals surface area contributed by atoms with Crippen LogP contribution in [0.2, 0.25) is 5.02 Å². The summed E-state index contributed by atoms with van der Waals surface area (Å²) in [5.74, 6) is -0.291. The van der Waals surface area contributed by atoms with Crippen molar-refractivity contribution in [1.29, 1.82) is 0 Å². The summed E-state index contributed by atoms with van der Waals surface area (Å²) in [6.45, 7) is 3.35. The van der Waals surface area contributed by atoms with Gasteiger partial charge in [0.15, 0.2) is 0 Å². The third-order valence-corrected chi connectivity index (χ3v) is 5.95. The average Bonchev–Trinajstić information content (AvgIpc) is 3.40. The molecule has 26 heavy (non-hydrogen) atoms. The second kappa shape index (κ2) is 6.54. The summed E-state index contributed by atoms with van der Waals surface area (Å²) in [5, 5.41) is 4.26. The highest BCUT2D eigenvalue weighted by atomic mass is 35.5. The highest BCUT2D eigenvalue weighted by Gasteiger charge is 2.45. The first-order chi connectivity index (χ1) is 12.5. The number of fused-ring (bicyclic) bond motifs is 1. The number of piperidine rings is 1. The van der Waals surface area contributed by atoms with Crippen molar-refractivity contribution in [1.82, 2.24) is 15.2 Å². The molecule has 1 atom stereocenters. The van der Waals surface area contributed by atoms with Crippen LogP contribution in [0.25, 0.3) is 10.9 Å². The number of rotatable bonds is 3. The second-order valence-corrected chi connectivity index (χ2v) is 8.02. The maximum Gasteiger partial charge on any atom is 0.253 e. The number of hydrogen-bond donors (Lipinski definition) is 1. The van der Waals surface area contributed by atoms with Crippen molar-refractivity contribution < 1.29 is 9.59 Å². The quantitative estimate of drug-likeness (QED) is 0.899. The number of carbonyl (C=O) groups is 2. The molecule has 0 radical (unpaired) electrons. The Morgan fingerprint density at radius 3 is 2.62 bits per heavy atom. The van der Waals surface area contributed by atoms with E-state index >= 15 is 0 Å². The molecule has 2 amide bonds. The van der Waals surface area contributed by atoms with Crippen molar-refractivity contribution in [3.63, 3.8) is 0 Å². The van der Waals surface area contributed by atoms with E-state index in [1.165, 1.54) is 19.0 Å². The Kier molecular flexibility index (Phi) is 4.35. The molecule has 136 valence electrons. The lowest BCUT2D eigenvalue weighted by atomic mass is 9.93. The van der Waals surface area contributed by atoms with Gasteiger partial charge in [-0.15, -0.1) is 0 Å². The first kappa shape index (κ1) is 17.3. The third kappa shape index (κ3) is 3.40. The zero-order valence-electron chi connectivity index (χ0n) is 14.8. The molecule has 1 saturated carbocycles. The summed E-state index contributed by atoms with van der Waals surface area (Å²) >= 11 is 5.96. The number of likely N-dealkylation sites (tertiary alicyclic amines) is 1. The molecule has 2 heterocycles. The molecule has 1 aromatic heterocycles. The van der Waals surface area contributed by atoms with E-state index in [1.807, 2.05) is 11.0 Å². The fourth-order valence-corrected chi connectivity index (χ4v) is 3.88. The van der Waals surface area contributed by atoms with Crippen LogP contribution in [-0.4, -0.2) is 40.8 Å². The van der Waals surface area contributed by atoms with Crippen molar-refractivity contribution in [3.8, 4) is 0 Å². The Balaban J connectivity index is 1.40. The molecule has 1 aromatic carbocycles. The van der Waals surface area contributed by atoms with E-state index in [0.29, 0.717) is 16.0 Å². The summed E-state index contributed by atoms with van der Waals surface area (Å²) in [5.41, 5.74) is 1.71. The average molecular weight is 372 g/mol. The van der Waals surface area contributed by atoms with Crippen molar-refractivity contribution in [3.05, 3.63) is 41.0 Å². The van der Waals surface area contributed by atoms with Gasteiger partial charge in [-0.05, 0) is 56.2 Å². The van der Waals surface area contributed by atoms with Crippen LogP contribution in [0, 0.1) is 5.41 Å². The van der Waals surface area contributed by atoms with Gasteiger partial charge in [0.1, 0.15) is 6.04 Å². The number of pyridine rings is 1. The maximum absolute atomic E-state index is 12.6. The van der Waals surface area contributed by atoms with Gasteiger partial charge in [-0.25, -0.2) is 0 Å². The number of halogens is 1. The van der Waals surface area contributed by atoms with Crippen LogP contribution in [0.5, 0.6) is 0 Å². The number of benzene rings is 1. The van der Waals surface area contributed by atoms with E-state index in [4.69, 9.17) is 11.6 Å². The molecule has 4 rings (SSSR count). The molecule has 1 spiro atoms. The van der Waals surface area contributed by atoms with Crippen LogP contribution in [0.15, 0.2) is 30.5 Å². The van der Waals surface area contributed by atoms with Crippen LogP contribution in [0.1, 0.15) is 43.0 Å². The van der Waals surface area contributed by atoms with Gasteiger partial charge < -0.3 is 10.2 Å². The largest absolute Gasteiger partial charge is 0.341 e. The van der Waals surface area contributed by atoms with Crippen molar-refractivity contribution in [2.45, 2.75) is 38.6 Å². The number of hydrogen-bond acceptors (Lipinski definition) is 3. The number of nitrogens with zero attached hydrogens (tertiary/aromatic N) is 2. The predicted octanol–water partition coefficient (Wildman–Crippen LogP) is 3.41. The van der Waals surface area contributed by atoms with E-state index in [0.717, 1.165) is 36.8 Å². The minimum atomic E-state index is -0.545. The lowest BCUT2D eigenvalue weighted by molar-refractivity contribution is -0.134. The Labute approximate surface area is 157 Å². The smallest absolute Gasteiger partial charge is 0.253 e. The van der Waals surface area contributed by atoms with Crippen LogP contribution < -0.4 is 5.32 Å². The third-order valence-electron chi connectivity index (χ3n) is 5.72. The fraction of sp³-hybridized carbons (Fsp3) is 0.450. The molecule has 0 unspecified atom stereocenters. The van der Waals surface area contributed by atoms with Crippen molar-refractivity contribution in [2.24, 2.45) is 5.41 Å². The molecular formula is C20H22ClN3O2. The molecule has 2 aromatic rings. The normalized spacial score (nSPS) is 19.4. The van der Waals surface area contributed by atoms with Gasteiger partial charge >= 0.3 is 0 Å². The van der Waals surface area contributed by atoms with Gasteiger partial charge in [0, 0.05) is 29.7 Å². The summed E-state index contributed by atoms with van der Waals surface area (Å²) in [6, 6.07) is 6.58. The molecule has 1 N–H and O–H groups in total. The second-order valence-electron chi connectivity index (χ2n) is 7.58. The Morgan fingerprint density at radius 1 is 1.19 bits per heavy atom. The zero-order valence-corrected chi connectivity index (χ0v) is 15.6. The van der Waals surface area contributed by atoms with E-state index in [1.54, 1.807) is 25.1 Å². The predicted molar refractivity (Wildman–Crippen MR) is 101 cm³/mol. The van der Waals surface area contributed by atoms with Crippen molar-refractivity contribution in [2.75, 3.05) is 13.1 Å². The first-order valence-corrected chi connectivity index (χ1v) is 9.49. The molecule has 2 aliphatic rings. The minimum Gasteiger partial charge on any atom is -0.341 e. The monoisotopic (exact) mass is 371 g/mol. The van der Waals surface area contributed by atoms with Gasteiger partial charge in [-0.3, -0.25) is 14.6 Å². The van der Waals surface area contributed by atoms with Crippen LogP contribution in [0.3, 0.4) is 0 Å². The van der Waals surface area contributed by atoms with Gasteiger partial charge in [-0.2, -0.15) is 0 Å². The number of nitrogens with one attached hydrogen (secondary N) is 1. The summed E-state index contributed by atoms with van der Waals surface area (Å²) < 4.78 is 0. The zero-order chi connectivity index (χ0) is 18.3. The fourth-order valence-electron chi connectivity index (χ4n) is 3.71. The van der Waals surface area contributed by atoms with Crippen LogP contribution in [0.4, 0.5) is 0 Å². The van der Waals surface area contributed by atoms with Gasteiger partial charge in [0.05, 0.1) is 11.1 Å². The SMILES string of the molecule is C[C@H](NC(=O)c1cnc2cc(Cl)ccc2c1)C(=O)N1CCC2(CC1)CC2. The number of carbonyl (C=O) groups excluding carboxylic acids is 2. The molecule has 5 nitrogen and oxygen atoms in total. The van der Waals surface area contributed by atoms with Gasteiger partial charge in [-0.1, -0.05) is 17.7 Å². The Morgan fingerprint density at radius 2 is 1.92 bits per heavy atom. The maximum atomic E-state index is 12.6. The minimum absolute atomic E-state index is 0.00520. The highest BCUT2D eigenvalue weighted by molar-refractivity contribution is 6.31. The van der Waals surface area contributed by atoms with Gasteiger partial charge in [0.2, 0.25) is 5.91 Å². The topological polar surface area (TPSA) is 62.3 Å². The summed E-state index contributed by atoms with van der Waals surface area (Å²) in [6.07, 6.45) is 6.32. The van der Waals surface area contributed by atoms with E-state index in [-0.39, 0.29) is 11.8 Å². The van der Waals surface area contributed by atoms with E-state index < -0.39 is 6.04 Å². The molecule has 6 heteroatoms. The standard InChI is InChI=1S/C20H22ClN3O2/c1-13(19(26)24-8-6-20(4-5-20)7-9-24)23-18(25)15-10-14-2-3-16(21)11-17(14)22-12-15/h2-3,10-13H,4-9H2,1H3,(H,23,25)/t13-/m0/s1. The Hall–Kier alpha value is -2.14. The Bertz CT molecular complexity index is 868. The van der Waals surface area contributed by atoms with E-state index in [2.05, 4.69) is 10.3 Å². The van der Waals surface area contributed by atoms with Crippen LogP contribution >= 0.6 is 11.6 Å². The molecule has 0 bridgehead atoms. The lowest BCUT2D eigenvalue weighted by Gasteiger charge is -2.33. The number of aromatic nitrogens is 1. The lowest BCUT2D eigenvalue weighted by Crippen LogP contribution is -2.49. The summed E-state index contributed by atoms with van der Waals surface area (Å²) in [7, 11) is 0. The van der Waals surface area contributed by atoms with E-state index in [9.17, 15) is 9.59 Å². The molecular weight excluding hydrogens is 350 g/mol. The summed E-state index contributed by atoms with van der Waals surface area (Å²) in [4.78, 5) is 31.3. The molecule has 1 aliphatic carbocycles. The first-order valence-electron chi connectivity index (χ1n) is 9.11.